The largest absolute Gasteiger partial charge is 0.302 e. The number of nitrogens with zero attached hydrogens (tertiary/aromatic N) is 1. The minimum absolute atomic E-state index is 0.219. The third-order valence-electron chi connectivity index (χ3n) is 5.24. The van der Waals surface area contributed by atoms with Crippen molar-refractivity contribution in [1.29, 1.82) is 0 Å². The molecule has 4 atom stereocenters. The zero-order valence-electron chi connectivity index (χ0n) is 12.3. The zero-order chi connectivity index (χ0) is 14.1. The van der Waals surface area contributed by atoms with Crippen molar-refractivity contribution >= 4 is 0 Å². The van der Waals surface area contributed by atoms with Crippen LogP contribution < -0.4 is 5.32 Å². The highest BCUT2D eigenvalue weighted by molar-refractivity contribution is 5.28. The summed E-state index contributed by atoms with van der Waals surface area (Å²) in [5.41, 5.74) is 2.45. The summed E-state index contributed by atoms with van der Waals surface area (Å²) in [5.74, 6) is 1.84. The summed E-state index contributed by atoms with van der Waals surface area (Å²) in [6.07, 6.45) is 7.53. The predicted octanol–water partition coefficient (Wildman–Crippen LogP) is 3.95. The lowest BCUT2D eigenvalue weighted by Gasteiger charge is -2.29. The number of benzene rings is 1. The number of pyridine rings is 1. The summed E-state index contributed by atoms with van der Waals surface area (Å²) in [7, 11) is 0. The fourth-order valence-electron chi connectivity index (χ4n) is 4.21. The first-order valence-corrected chi connectivity index (χ1v) is 8.12. The Morgan fingerprint density at radius 1 is 0.952 bits per heavy atom. The molecule has 2 heteroatoms. The van der Waals surface area contributed by atoms with E-state index >= 15 is 0 Å². The standard InChI is InChI=1S/C19H22N2/c1-2-6-15(7-3-1)19(17-8-4-5-11-20-17)21-18-13-14-9-10-16(18)12-14/h1-8,11,14,16,18-19,21H,9-10,12-13H2. The highest BCUT2D eigenvalue weighted by atomic mass is 15.0. The van der Waals surface area contributed by atoms with Crippen LogP contribution >= 0.6 is 0 Å². The molecule has 1 aromatic carbocycles. The molecule has 2 aliphatic carbocycles. The molecule has 2 nitrogen and oxygen atoms in total. The Morgan fingerprint density at radius 3 is 2.48 bits per heavy atom. The smallest absolute Gasteiger partial charge is 0.0753 e. The molecule has 0 saturated heterocycles. The first-order valence-electron chi connectivity index (χ1n) is 8.12. The van der Waals surface area contributed by atoms with Gasteiger partial charge in [0.2, 0.25) is 0 Å². The molecule has 2 aliphatic rings. The highest BCUT2D eigenvalue weighted by Gasteiger charge is 2.40. The van der Waals surface area contributed by atoms with Gasteiger partial charge >= 0.3 is 0 Å². The SMILES string of the molecule is c1ccc(C(NC2CC3CCC2C3)c2ccccn2)cc1. The van der Waals surface area contributed by atoms with Crippen LogP contribution in [0.15, 0.2) is 54.7 Å². The maximum Gasteiger partial charge on any atom is 0.0753 e. The Labute approximate surface area is 126 Å². The third-order valence-corrected chi connectivity index (χ3v) is 5.24. The maximum atomic E-state index is 4.60. The van der Waals surface area contributed by atoms with Crippen LogP contribution in [0.4, 0.5) is 0 Å². The van der Waals surface area contributed by atoms with Crippen molar-refractivity contribution in [2.24, 2.45) is 11.8 Å². The van der Waals surface area contributed by atoms with Crippen molar-refractivity contribution in [2.75, 3.05) is 0 Å². The Bertz CT molecular complexity index is 542. The summed E-state index contributed by atoms with van der Waals surface area (Å²) >= 11 is 0. The van der Waals surface area contributed by atoms with Gasteiger partial charge in [-0.15, -0.1) is 0 Å². The molecule has 0 spiro atoms. The normalized spacial score (nSPS) is 28.7. The molecule has 21 heavy (non-hydrogen) atoms. The summed E-state index contributed by atoms with van der Waals surface area (Å²) < 4.78 is 0. The molecule has 108 valence electrons. The predicted molar refractivity (Wildman–Crippen MR) is 84.9 cm³/mol. The highest BCUT2D eigenvalue weighted by Crippen LogP contribution is 2.45. The van der Waals surface area contributed by atoms with E-state index < -0.39 is 0 Å². The molecule has 0 amide bonds. The van der Waals surface area contributed by atoms with Crippen molar-refractivity contribution in [3.8, 4) is 0 Å². The monoisotopic (exact) mass is 278 g/mol. The van der Waals surface area contributed by atoms with E-state index in [0.29, 0.717) is 6.04 Å². The lowest BCUT2D eigenvalue weighted by Crippen LogP contribution is -2.37. The van der Waals surface area contributed by atoms with Crippen LogP contribution in [0.5, 0.6) is 0 Å². The fraction of sp³-hybridized carbons (Fsp3) is 0.421. The molecule has 1 heterocycles. The summed E-state index contributed by atoms with van der Waals surface area (Å²) in [5, 5.41) is 3.92. The second-order valence-corrected chi connectivity index (χ2v) is 6.55. The van der Waals surface area contributed by atoms with Crippen molar-refractivity contribution in [3.63, 3.8) is 0 Å². The summed E-state index contributed by atoms with van der Waals surface area (Å²) in [4.78, 5) is 4.60. The van der Waals surface area contributed by atoms with Crippen molar-refractivity contribution < 1.29 is 0 Å². The van der Waals surface area contributed by atoms with E-state index in [0.717, 1.165) is 17.5 Å². The van der Waals surface area contributed by atoms with Crippen LogP contribution in [0.25, 0.3) is 0 Å². The molecule has 1 aromatic heterocycles. The van der Waals surface area contributed by atoms with Crippen LogP contribution in [0.1, 0.15) is 43.0 Å². The number of hydrogen-bond donors (Lipinski definition) is 1. The lowest BCUT2D eigenvalue weighted by atomic mass is 9.93. The van der Waals surface area contributed by atoms with Gasteiger partial charge in [-0.1, -0.05) is 42.8 Å². The van der Waals surface area contributed by atoms with Gasteiger partial charge in [-0.2, -0.15) is 0 Å². The topological polar surface area (TPSA) is 24.9 Å². The van der Waals surface area contributed by atoms with E-state index in [1.54, 1.807) is 0 Å². The summed E-state index contributed by atoms with van der Waals surface area (Å²) in [6.45, 7) is 0. The first-order chi connectivity index (χ1) is 10.4. The van der Waals surface area contributed by atoms with Crippen molar-refractivity contribution in [1.82, 2.24) is 10.3 Å². The Morgan fingerprint density at radius 2 is 1.81 bits per heavy atom. The second kappa shape index (κ2) is 5.61. The van der Waals surface area contributed by atoms with Gasteiger partial charge in [-0.25, -0.2) is 0 Å². The molecule has 1 N–H and O–H groups in total. The van der Waals surface area contributed by atoms with E-state index in [2.05, 4.69) is 52.8 Å². The molecule has 2 saturated carbocycles. The molecule has 4 rings (SSSR count). The van der Waals surface area contributed by atoms with E-state index in [4.69, 9.17) is 0 Å². The Kier molecular flexibility index (Phi) is 3.48. The van der Waals surface area contributed by atoms with Crippen LogP contribution in [0.2, 0.25) is 0 Å². The number of hydrogen-bond acceptors (Lipinski definition) is 2. The quantitative estimate of drug-likeness (QED) is 0.916. The molecule has 2 bridgehead atoms. The molecular weight excluding hydrogens is 256 g/mol. The average Bonchev–Trinajstić information content (AvgIpc) is 3.17. The molecular formula is C19H22N2. The van der Waals surface area contributed by atoms with Gasteiger partial charge in [0.05, 0.1) is 11.7 Å². The van der Waals surface area contributed by atoms with Crippen LogP contribution in [-0.4, -0.2) is 11.0 Å². The molecule has 0 aliphatic heterocycles. The van der Waals surface area contributed by atoms with Gasteiger partial charge < -0.3 is 5.32 Å². The Balaban J connectivity index is 1.61. The zero-order valence-corrected chi connectivity index (χ0v) is 12.3. The molecule has 0 radical (unpaired) electrons. The van der Waals surface area contributed by atoms with E-state index in [1.807, 2.05) is 12.3 Å². The minimum Gasteiger partial charge on any atom is -0.302 e. The number of nitrogens with one attached hydrogen (secondary N) is 1. The van der Waals surface area contributed by atoms with Crippen LogP contribution in [0.3, 0.4) is 0 Å². The van der Waals surface area contributed by atoms with Gasteiger partial charge in [-0.3, -0.25) is 4.98 Å². The van der Waals surface area contributed by atoms with Gasteiger partial charge in [0.1, 0.15) is 0 Å². The van der Waals surface area contributed by atoms with Crippen LogP contribution in [-0.2, 0) is 0 Å². The molecule has 2 aromatic rings. The lowest BCUT2D eigenvalue weighted by molar-refractivity contribution is 0.332. The Hall–Kier alpha value is -1.67. The van der Waals surface area contributed by atoms with E-state index in [1.165, 1.54) is 31.2 Å². The van der Waals surface area contributed by atoms with Gasteiger partial charge in [0, 0.05) is 12.2 Å². The van der Waals surface area contributed by atoms with Gasteiger partial charge in [-0.05, 0) is 48.8 Å². The minimum atomic E-state index is 0.219. The first kappa shape index (κ1) is 13.0. The van der Waals surface area contributed by atoms with Gasteiger partial charge in [0.15, 0.2) is 0 Å². The third kappa shape index (κ3) is 2.60. The van der Waals surface area contributed by atoms with Crippen molar-refractivity contribution in [3.05, 3.63) is 66.0 Å². The fourth-order valence-corrected chi connectivity index (χ4v) is 4.21. The summed E-state index contributed by atoms with van der Waals surface area (Å²) in [6, 6.07) is 17.8. The van der Waals surface area contributed by atoms with E-state index in [9.17, 15) is 0 Å². The van der Waals surface area contributed by atoms with E-state index in [-0.39, 0.29) is 6.04 Å². The molecule has 2 fully saturated rings. The number of aromatic nitrogens is 1. The molecule has 4 unspecified atom stereocenters. The number of rotatable bonds is 4. The maximum absolute atomic E-state index is 4.60. The van der Waals surface area contributed by atoms with Crippen molar-refractivity contribution in [2.45, 2.75) is 37.8 Å². The number of fused-ring (bicyclic) bond motifs is 2. The van der Waals surface area contributed by atoms with Gasteiger partial charge in [0.25, 0.3) is 0 Å². The van der Waals surface area contributed by atoms with Crippen LogP contribution in [0, 0.1) is 11.8 Å². The second-order valence-electron chi connectivity index (χ2n) is 6.55. The average molecular weight is 278 g/mol.